The summed E-state index contributed by atoms with van der Waals surface area (Å²) >= 11 is 0. The molecule has 1 fully saturated rings. The third-order valence-corrected chi connectivity index (χ3v) is 5.36. The number of hydrogen-bond acceptors (Lipinski definition) is 0. The van der Waals surface area contributed by atoms with Gasteiger partial charge in [0.2, 0.25) is 0 Å². The summed E-state index contributed by atoms with van der Waals surface area (Å²) in [5.74, 6) is 1.47. The van der Waals surface area contributed by atoms with Crippen molar-refractivity contribution in [2.75, 3.05) is 0 Å². The first-order valence-corrected chi connectivity index (χ1v) is 7.14. The summed E-state index contributed by atoms with van der Waals surface area (Å²) in [6, 6.07) is 9.80. The zero-order valence-corrected chi connectivity index (χ0v) is 10.9. The van der Waals surface area contributed by atoms with E-state index in [1.165, 1.54) is 24.8 Å². The first-order valence-electron chi connectivity index (χ1n) is 7.14. The summed E-state index contributed by atoms with van der Waals surface area (Å²) in [6.45, 7) is 2.45. The summed E-state index contributed by atoms with van der Waals surface area (Å²) < 4.78 is 0. The minimum atomic E-state index is 0.445. The molecule has 1 radical (unpaired) electrons. The lowest BCUT2D eigenvalue weighted by molar-refractivity contribution is 0.232. The molecule has 0 heteroatoms. The van der Waals surface area contributed by atoms with Gasteiger partial charge in [0.1, 0.15) is 0 Å². The maximum atomic E-state index is 3.23. The van der Waals surface area contributed by atoms with E-state index in [1.54, 1.807) is 11.1 Å². The van der Waals surface area contributed by atoms with Gasteiger partial charge in [0.25, 0.3) is 0 Å². The summed E-state index contributed by atoms with van der Waals surface area (Å²) in [5, 5.41) is 0. The molecule has 1 aromatic carbocycles. The van der Waals surface area contributed by atoms with Crippen molar-refractivity contribution in [2.24, 2.45) is 11.3 Å². The van der Waals surface area contributed by atoms with Gasteiger partial charge in [-0.05, 0) is 54.2 Å². The highest BCUT2D eigenvalue weighted by Gasteiger charge is 2.44. The Morgan fingerprint density at radius 1 is 1.39 bits per heavy atom. The fourth-order valence-electron chi connectivity index (χ4n) is 4.34. The van der Waals surface area contributed by atoms with Crippen molar-refractivity contribution in [3.05, 3.63) is 59.2 Å². The molecule has 0 bridgehead atoms. The zero-order valence-electron chi connectivity index (χ0n) is 10.9. The molecule has 0 unspecified atom stereocenters. The Labute approximate surface area is 109 Å². The Hall–Kier alpha value is -1.30. The van der Waals surface area contributed by atoms with Crippen LogP contribution < -0.4 is 0 Å². The topological polar surface area (TPSA) is 0 Å². The molecule has 3 aliphatic rings. The van der Waals surface area contributed by atoms with Crippen LogP contribution in [0.4, 0.5) is 0 Å². The molecule has 0 spiro atoms. The molecule has 0 N–H and O–H groups in total. The average molecular weight is 235 g/mol. The average Bonchev–Trinajstić information content (AvgIpc) is 2.80. The fourth-order valence-corrected chi connectivity index (χ4v) is 4.34. The quantitative estimate of drug-likeness (QED) is 0.584. The molecule has 91 valence electrons. The minimum Gasteiger partial charge on any atom is -0.0873 e. The van der Waals surface area contributed by atoms with Gasteiger partial charge in [0.05, 0.1) is 0 Å². The van der Waals surface area contributed by atoms with Gasteiger partial charge >= 0.3 is 0 Å². The molecular weight excluding hydrogens is 216 g/mol. The molecule has 0 aliphatic heterocycles. The number of fused-ring (bicyclic) bond motifs is 5. The molecule has 0 heterocycles. The van der Waals surface area contributed by atoms with Crippen LogP contribution >= 0.6 is 0 Å². The Balaban J connectivity index is 1.79. The van der Waals surface area contributed by atoms with Crippen LogP contribution in [-0.2, 0) is 6.42 Å². The largest absolute Gasteiger partial charge is 0.0873 e. The second kappa shape index (κ2) is 3.60. The van der Waals surface area contributed by atoms with E-state index in [1.807, 2.05) is 0 Å². The van der Waals surface area contributed by atoms with Gasteiger partial charge in [0, 0.05) is 5.92 Å². The monoisotopic (exact) mass is 235 g/mol. The third kappa shape index (κ3) is 1.32. The minimum absolute atomic E-state index is 0.445. The summed E-state index contributed by atoms with van der Waals surface area (Å²) in [7, 11) is 0. The van der Waals surface area contributed by atoms with Gasteiger partial charge in [0.15, 0.2) is 0 Å². The molecule has 1 saturated carbocycles. The van der Waals surface area contributed by atoms with E-state index >= 15 is 0 Å². The maximum absolute atomic E-state index is 3.23. The van der Waals surface area contributed by atoms with E-state index in [4.69, 9.17) is 0 Å². The molecule has 3 atom stereocenters. The third-order valence-electron chi connectivity index (χ3n) is 5.36. The van der Waals surface area contributed by atoms with E-state index in [9.17, 15) is 0 Å². The van der Waals surface area contributed by atoms with Crippen molar-refractivity contribution in [3.8, 4) is 0 Å². The zero-order chi connectivity index (χ0) is 12.2. The Morgan fingerprint density at radius 2 is 2.33 bits per heavy atom. The lowest BCUT2D eigenvalue weighted by Gasteiger charge is -2.44. The Morgan fingerprint density at radius 3 is 3.28 bits per heavy atom. The first-order chi connectivity index (χ1) is 8.78. The molecule has 0 amide bonds. The van der Waals surface area contributed by atoms with E-state index in [0.717, 1.165) is 12.3 Å². The van der Waals surface area contributed by atoms with E-state index in [0.29, 0.717) is 11.3 Å². The predicted molar refractivity (Wildman–Crippen MR) is 74.4 cm³/mol. The Kier molecular flexibility index (Phi) is 2.12. The summed E-state index contributed by atoms with van der Waals surface area (Å²) in [6.07, 6.45) is 12.4. The molecule has 1 aromatic rings. The maximum Gasteiger partial charge on any atom is 0.00546 e. The highest BCUT2D eigenvalue weighted by Crippen LogP contribution is 2.56. The van der Waals surface area contributed by atoms with Gasteiger partial charge in [-0.2, -0.15) is 0 Å². The number of rotatable bonds is 0. The lowest BCUT2D eigenvalue weighted by Crippen LogP contribution is -2.33. The van der Waals surface area contributed by atoms with Gasteiger partial charge in [-0.1, -0.05) is 48.9 Å². The molecule has 0 saturated heterocycles. The van der Waals surface area contributed by atoms with Crippen LogP contribution in [0.25, 0.3) is 0 Å². The van der Waals surface area contributed by atoms with Crippen LogP contribution in [0.15, 0.2) is 42.0 Å². The van der Waals surface area contributed by atoms with Gasteiger partial charge in [-0.3, -0.25) is 0 Å². The second-order valence-electron chi connectivity index (χ2n) is 6.32. The van der Waals surface area contributed by atoms with E-state index in [2.05, 4.69) is 49.4 Å². The van der Waals surface area contributed by atoms with Crippen molar-refractivity contribution in [1.82, 2.24) is 0 Å². The highest BCUT2D eigenvalue weighted by molar-refractivity contribution is 5.45. The van der Waals surface area contributed by atoms with Crippen LogP contribution in [0, 0.1) is 17.4 Å². The number of hydrogen-bond donors (Lipinski definition) is 0. The molecular formula is C18H19. The van der Waals surface area contributed by atoms with Gasteiger partial charge in [-0.15, -0.1) is 0 Å². The van der Waals surface area contributed by atoms with Crippen molar-refractivity contribution < 1.29 is 0 Å². The highest BCUT2D eigenvalue weighted by atomic mass is 14.5. The van der Waals surface area contributed by atoms with Crippen molar-refractivity contribution in [2.45, 2.75) is 38.5 Å². The molecule has 3 aliphatic carbocycles. The van der Waals surface area contributed by atoms with Crippen molar-refractivity contribution >= 4 is 0 Å². The summed E-state index contributed by atoms with van der Waals surface area (Å²) in [5.41, 5.74) is 5.26. The fraction of sp³-hybridized carbons (Fsp3) is 0.444. The van der Waals surface area contributed by atoms with Gasteiger partial charge in [-0.25, -0.2) is 0 Å². The predicted octanol–water partition coefficient (Wildman–Crippen LogP) is 4.43. The van der Waals surface area contributed by atoms with E-state index < -0.39 is 0 Å². The number of allylic oxidation sites excluding steroid dienone is 4. The molecule has 0 nitrogen and oxygen atoms in total. The molecule has 0 aromatic heterocycles. The second-order valence-corrected chi connectivity index (χ2v) is 6.32. The van der Waals surface area contributed by atoms with Crippen molar-refractivity contribution in [1.29, 1.82) is 0 Å². The van der Waals surface area contributed by atoms with Gasteiger partial charge < -0.3 is 0 Å². The van der Waals surface area contributed by atoms with Crippen LogP contribution in [0.2, 0.25) is 0 Å². The van der Waals surface area contributed by atoms with Crippen LogP contribution in [0.3, 0.4) is 0 Å². The van der Waals surface area contributed by atoms with Crippen molar-refractivity contribution in [3.63, 3.8) is 0 Å². The Bertz CT molecular complexity index is 549. The van der Waals surface area contributed by atoms with Crippen LogP contribution in [0.1, 0.15) is 43.2 Å². The van der Waals surface area contributed by atoms with Crippen LogP contribution in [-0.4, -0.2) is 0 Å². The SMILES string of the molecule is C[C@@]12C=CC[C@H]1C1=CCc3c[c]ccc3[C@H]1CC2. The lowest BCUT2D eigenvalue weighted by atomic mass is 9.60. The summed E-state index contributed by atoms with van der Waals surface area (Å²) in [4.78, 5) is 0. The molecule has 18 heavy (non-hydrogen) atoms. The first kappa shape index (κ1) is 10.6. The van der Waals surface area contributed by atoms with E-state index in [-0.39, 0.29) is 0 Å². The smallest absolute Gasteiger partial charge is 0.00546 e. The number of benzene rings is 1. The van der Waals surface area contributed by atoms with Crippen LogP contribution in [0.5, 0.6) is 0 Å². The molecule has 4 rings (SSSR count). The normalized spacial score (nSPS) is 36.6. The standard InChI is InChI=1S/C18H19/c1-18-11-4-7-17(18)16-9-8-13-5-2-3-6-14(13)15(16)10-12-18/h3-6,9,11,15,17H,7-8,10,12H2,1H3/t15-,17+,18+/m1/s1.